The molecule has 4 heteroatoms. The van der Waals surface area contributed by atoms with Gasteiger partial charge in [0.1, 0.15) is 0 Å². The second-order valence-corrected chi connectivity index (χ2v) is 4.58. The van der Waals surface area contributed by atoms with E-state index in [1.165, 1.54) is 0 Å². The van der Waals surface area contributed by atoms with Crippen LogP contribution in [0, 0.1) is 6.92 Å². The summed E-state index contributed by atoms with van der Waals surface area (Å²) in [6.45, 7) is 4.04. The van der Waals surface area contributed by atoms with Crippen molar-refractivity contribution in [2.24, 2.45) is 5.84 Å². The molecule has 17 heavy (non-hydrogen) atoms. The molecule has 0 fully saturated rings. The molecule has 0 spiro atoms. The molecule has 0 unspecified atom stereocenters. The van der Waals surface area contributed by atoms with Crippen molar-refractivity contribution in [3.8, 4) is 0 Å². The second kappa shape index (κ2) is 6.62. The Hall–Kier alpha value is -1.06. The first kappa shape index (κ1) is 14.0. The molecule has 0 aliphatic rings. The molecule has 0 aliphatic heterocycles. The zero-order chi connectivity index (χ0) is 12.8. The first-order valence-electron chi connectivity index (χ1n) is 5.90. The van der Waals surface area contributed by atoms with E-state index in [0.29, 0.717) is 17.1 Å². The van der Waals surface area contributed by atoms with Crippen LogP contribution < -0.4 is 10.9 Å². The summed E-state index contributed by atoms with van der Waals surface area (Å²) in [5.41, 5.74) is 1.61. The molecule has 0 radical (unpaired) electrons. The molecule has 1 aromatic rings. The third kappa shape index (κ3) is 4.02. The van der Waals surface area contributed by atoms with Crippen molar-refractivity contribution in [3.63, 3.8) is 0 Å². The SMILES string of the molecule is CCCCCC(=O)N(N)c1cc(C)ccc1Cl. The van der Waals surface area contributed by atoms with Gasteiger partial charge in [0, 0.05) is 6.42 Å². The molecule has 1 aromatic carbocycles. The van der Waals surface area contributed by atoms with E-state index < -0.39 is 0 Å². The molecule has 1 rings (SSSR count). The van der Waals surface area contributed by atoms with Gasteiger partial charge in [-0.25, -0.2) is 10.9 Å². The number of nitrogens with two attached hydrogens (primary N) is 1. The van der Waals surface area contributed by atoms with Gasteiger partial charge in [0.05, 0.1) is 10.7 Å². The van der Waals surface area contributed by atoms with Crippen molar-refractivity contribution in [3.05, 3.63) is 28.8 Å². The number of rotatable bonds is 5. The second-order valence-electron chi connectivity index (χ2n) is 4.18. The van der Waals surface area contributed by atoms with E-state index in [-0.39, 0.29) is 5.91 Å². The average Bonchev–Trinajstić information content (AvgIpc) is 2.31. The smallest absolute Gasteiger partial charge is 0.241 e. The van der Waals surface area contributed by atoms with E-state index in [1.807, 2.05) is 19.1 Å². The standard InChI is InChI=1S/C13H19ClN2O/c1-3-4-5-6-13(17)16(15)12-9-10(2)7-8-11(12)14/h7-9H,3-6,15H2,1-2H3. The van der Waals surface area contributed by atoms with Crippen LogP contribution in [0.5, 0.6) is 0 Å². The fourth-order valence-electron chi connectivity index (χ4n) is 1.59. The molecular formula is C13H19ClN2O. The fraction of sp³-hybridized carbons (Fsp3) is 0.462. The van der Waals surface area contributed by atoms with Crippen molar-refractivity contribution in [2.75, 3.05) is 5.01 Å². The Morgan fingerprint density at radius 2 is 2.12 bits per heavy atom. The number of hydrazine groups is 1. The lowest BCUT2D eigenvalue weighted by Crippen LogP contribution is -2.37. The summed E-state index contributed by atoms with van der Waals surface area (Å²) in [6, 6.07) is 5.46. The van der Waals surface area contributed by atoms with Gasteiger partial charge in [-0.3, -0.25) is 4.79 Å². The predicted molar refractivity (Wildman–Crippen MR) is 72.0 cm³/mol. The van der Waals surface area contributed by atoms with Crippen molar-refractivity contribution in [2.45, 2.75) is 39.5 Å². The summed E-state index contributed by atoms with van der Waals surface area (Å²) in [4.78, 5) is 11.8. The number of benzene rings is 1. The molecule has 0 atom stereocenters. The van der Waals surface area contributed by atoms with Gasteiger partial charge in [-0.2, -0.15) is 0 Å². The van der Waals surface area contributed by atoms with Gasteiger partial charge in [0.2, 0.25) is 5.91 Å². The summed E-state index contributed by atoms with van der Waals surface area (Å²) in [7, 11) is 0. The predicted octanol–water partition coefficient (Wildman–Crippen LogP) is 3.44. The van der Waals surface area contributed by atoms with Crippen LogP contribution >= 0.6 is 11.6 Å². The van der Waals surface area contributed by atoms with Gasteiger partial charge in [0.25, 0.3) is 0 Å². The zero-order valence-electron chi connectivity index (χ0n) is 10.4. The van der Waals surface area contributed by atoms with Gasteiger partial charge < -0.3 is 0 Å². The van der Waals surface area contributed by atoms with Gasteiger partial charge in [-0.05, 0) is 31.0 Å². The number of carbonyl (C=O) groups excluding carboxylic acids is 1. The maximum Gasteiger partial charge on any atom is 0.241 e. The number of hydrogen-bond acceptors (Lipinski definition) is 2. The number of nitrogens with zero attached hydrogens (tertiary/aromatic N) is 1. The number of carbonyl (C=O) groups is 1. The number of anilines is 1. The van der Waals surface area contributed by atoms with Gasteiger partial charge in [0.15, 0.2) is 0 Å². The lowest BCUT2D eigenvalue weighted by molar-refractivity contribution is -0.118. The van der Waals surface area contributed by atoms with E-state index in [1.54, 1.807) is 6.07 Å². The summed E-state index contributed by atoms with van der Waals surface area (Å²) < 4.78 is 0. The number of hydrogen-bond donors (Lipinski definition) is 1. The van der Waals surface area contributed by atoms with Gasteiger partial charge in [-0.15, -0.1) is 0 Å². The quantitative estimate of drug-likeness (QED) is 0.379. The lowest BCUT2D eigenvalue weighted by Gasteiger charge is -2.18. The van der Waals surface area contributed by atoms with Crippen LogP contribution in [0.4, 0.5) is 5.69 Å². The highest BCUT2D eigenvalue weighted by Crippen LogP contribution is 2.25. The van der Waals surface area contributed by atoms with Crippen molar-refractivity contribution < 1.29 is 4.79 Å². The Bertz CT molecular complexity index is 393. The van der Waals surface area contributed by atoms with E-state index >= 15 is 0 Å². The summed E-state index contributed by atoms with van der Waals surface area (Å²) >= 11 is 6.02. The third-order valence-corrected chi connectivity index (χ3v) is 2.94. The first-order chi connectivity index (χ1) is 8.06. The van der Waals surface area contributed by atoms with Crippen molar-refractivity contribution in [1.29, 1.82) is 0 Å². The molecule has 3 nitrogen and oxygen atoms in total. The molecular weight excluding hydrogens is 236 g/mol. The Morgan fingerprint density at radius 1 is 1.41 bits per heavy atom. The van der Waals surface area contributed by atoms with Crippen LogP contribution in [0.2, 0.25) is 5.02 Å². The zero-order valence-corrected chi connectivity index (χ0v) is 11.1. The highest BCUT2D eigenvalue weighted by atomic mass is 35.5. The Morgan fingerprint density at radius 3 is 2.76 bits per heavy atom. The minimum atomic E-state index is -0.0917. The maximum atomic E-state index is 11.8. The Kier molecular flexibility index (Phi) is 5.45. The van der Waals surface area contributed by atoms with Crippen molar-refractivity contribution >= 4 is 23.2 Å². The van der Waals surface area contributed by atoms with Crippen LogP contribution in [0.1, 0.15) is 38.2 Å². The van der Waals surface area contributed by atoms with E-state index in [9.17, 15) is 4.79 Å². The molecule has 1 amide bonds. The largest absolute Gasteiger partial charge is 0.273 e. The van der Waals surface area contributed by atoms with Gasteiger partial charge >= 0.3 is 0 Å². The highest BCUT2D eigenvalue weighted by molar-refractivity contribution is 6.33. The Balaban J connectivity index is 2.71. The molecule has 0 saturated carbocycles. The molecule has 0 heterocycles. The summed E-state index contributed by atoms with van der Waals surface area (Å²) in [5, 5.41) is 1.66. The molecule has 0 saturated heterocycles. The maximum absolute atomic E-state index is 11.8. The van der Waals surface area contributed by atoms with Crippen LogP contribution in [0.25, 0.3) is 0 Å². The lowest BCUT2D eigenvalue weighted by atomic mass is 10.2. The number of halogens is 1. The molecule has 0 aromatic heterocycles. The van der Waals surface area contributed by atoms with E-state index in [0.717, 1.165) is 29.8 Å². The van der Waals surface area contributed by atoms with E-state index in [2.05, 4.69) is 6.92 Å². The first-order valence-corrected chi connectivity index (χ1v) is 6.28. The molecule has 0 aliphatic carbocycles. The summed E-state index contributed by atoms with van der Waals surface area (Å²) in [6.07, 6.45) is 3.46. The normalized spacial score (nSPS) is 10.4. The molecule has 2 N–H and O–H groups in total. The topological polar surface area (TPSA) is 46.3 Å². The number of amides is 1. The average molecular weight is 255 g/mol. The fourth-order valence-corrected chi connectivity index (χ4v) is 1.80. The van der Waals surface area contributed by atoms with Crippen LogP contribution in [-0.2, 0) is 4.79 Å². The minimum Gasteiger partial charge on any atom is -0.273 e. The number of unbranched alkanes of at least 4 members (excludes halogenated alkanes) is 2. The van der Waals surface area contributed by atoms with Crippen LogP contribution in [0.3, 0.4) is 0 Å². The van der Waals surface area contributed by atoms with Crippen LogP contribution in [-0.4, -0.2) is 5.91 Å². The van der Waals surface area contributed by atoms with E-state index in [4.69, 9.17) is 17.4 Å². The monoisotopic (exact) mass is 254 g/mol. The van der Waals surface area contributed by atoms with Crippen molar-refractivity contribution in [1.82, 2.24) is 0 Å². The van der Waals surface area contributed by atoms with Gasteiger partial charge in [-0.1, -0.05) is 37.4 Å². The number of aryl methyl sites for hydroxylation is 1. The molecule has 0 bridgehead atoms. The molecule has 94 valence electrons. The third-order valence-electron chi connectivity index (χ3n) is 2.62. The Labute approximate surface area is 108 Å². The van der Waals surface area contributed by atoms with Crippen LogP contribution in [0.15, 0.2) is 18.2 Å². The highest BCUT2D eigenvalue weighted by Gasteiger charge is 2.14. The summed E-state index contributed by atoms with van der Waals surface area (Å²) in [5.74, 6) is 5.70. The minimum absolute atomic E-state index is 0.0917.